The van der Waals surface area contributed by atoms with Crippen LogP contribution in [-0.2, 0) is 0 Å². The number of amides is 2. The highest BCUT2D eigenvalue weighted by atomic mass is 35.5. The van der Waals surface area contributed by atoms with Crippen molar-refractivity contribution in [3.8, 4) is 5.75 Å². The van der Waals surface area contributed by atoms with Crippen molar-refractivity contribution in [3.63, 3.8) is 0 Å². The van der Waals surface area contributed by atoms with Gasteiger partial charge in [0.1, 0.15) is 23.1 Å². The van der Waals surface area contributed by atoms with Crippen molar-refractivity contribution < 1.29 is 44.7 Å². The first-order chi connectivity index (χ1) is 13.7. The molecule has 2 amide bonds. The van der Waals surface area contributed by atoms with Gasteiger partial charge in [-0.05, 0) is 18.2 Å². The van der Waals surface area contributed by atoms with E-state index in [0.29, 0.717) is 12.1 Å². The van der Waals surface area contributed by atoms with Crippen LogP contribution < -0.4 is 15.4 Å². The molecule has 1 atom stereocenters. The van der Waals surface area contributed by atoms with E-state index in [1.54, 1.807) is 0 Å². The highest BCUT2D eigenvalue weighted by Crippen LogP contribution is 2.41. The molecule has 0 aliphatic carbocycles. The Morgan fingerprint density at radius 1 is 0.967 bits per heavy atom. The average molecular weight is 483 g/mol. The molecule has 0 aliphatic rings. The number of rotatable bonds is 5. The third-order valence-electron chi connectivity index (χ3n) is 3.30. The monoisotopic (exact) mass is 482 g/mol. The number of ether oxygens (including phenoxy) is 1. The van der Waals surface area contributed by atoms with Crippen LogP contribution in [0, 0.1) is 11.6 Å². The first-order valence-corrected chi connectivity index (χ1v) is 8.26. The van der Waals surface area contributed by atoms with E-state index in [2.05, 4.69) is 4.74 Å². The predicted molar refractivity (Wildman–Crippen MR) is 92.0 cm³/mol. The Labute approximate surface area is 172 Å². The van der Waals surface area contributed by atoms with Crippen LogP contribution in [0.1, 0.15) is 0 Å². The van der Waals surface area contributed by atoms with Gasteiger partial charge in [0.25, 0.3) is 6.17 Å². The molecule has 4 nitrogen and oxygen atoms in total. The van der Waals surface area contributed by atoms with E-state index in [0.717, 1.165) is 18.2 Å². The molecule has 1 unspecified atom stereocenters. The fraction of sp³-hybridized carbons (Fsp3) is 0.188. The summed E-state index contributed by atoms with van der Waals surface area (Å²) < 4.78 is 107. The maximum absolute atomic E-state index is 13.5. The molecule has 0 heterocycles. The fourth-order valence-corrected chi connectivity index (χ4v) is 2.38. The number of benzene rings is 2. The van der Waals surface area contributed by atoms with Crippen molar-refractivity contribution in [2.45, 2.75) is 18.5 Å². The molecule has 0 saturated heterocycles. The number of hydrogen-bond acceptors (Lipinski definition) is 2. The summed E-state index contributed by atoms with van der Waals surface area (Å²) in [7, 11) is 0. The summed E-state index contributed by atoms with van der Waals surface area (Å²) in [6, 6.07) is 2.70. The van der Waals surface area contributed by atoms with Crippen LogP contribution >= 0.6 is 23.2 Å². The average Bonchev–Trinajstić information content (AvgIpc) is 2.61. The number of halogens is 10. The number of carbonyl (C=O) groups is 1. The second kappa shape index (κ2) is 8.72. The Hall–Kier alpha value is -2.47. The standard InChI is InChI=1S/C16H8Cl2F8N2O2/c17-6-5-11(30-16(25,26)13(21)15(22,23)24)7(18)4-10(6)27-14(29)28-12-8(19)2-1-3-9(12)20/h1-5,13H,(H2,27,28,29). The molecule has 0 fully saturated rings. The third-order valence-corrected chi connectivity index (χ3v) is 3.91. The molecule has 0 bridgehead atoms. The molecular weight excluding hydrogens is 475 g/mol. The van der Waals surface area contributed by atoms with Gasteiger partial charge < -0.3 is 15.4 Å². The van der Waals surface area contributed by atoms with Crippen LogP contribution in [0.15, 0.2) is 30.3 Å². The molecule has 14 heteroatoms. The molecule has 0 spiro atoms. The first-order valence-electron chi connectivity index (χ1n) is 7.51. The zero-order valence-electron chi connectivity index (χ0n) is 14.1. The number of para-hydroxylation sites is 1. The number of urea groups is 1. The van der Waals surface area contributed by atoms with Gasteiger partial charge in [0.05, 0.1) is 15.7 Å². The van der Waals surface area contributed by atoms with Gasteiger partial charge in [-0.25, -0.2) is 18.0 Å². The summed E-state index contributed by atoms with van der Waals surface area (Å²) in [6.07, 6.45) is -15.9. The van der Waals surface area contributed by atoms with Gasteiger partial charge in [-0.15, -0.1) is 0 Å². The zero-order valence-corrected chi connectivity index (χ0v) is 15.6. The molecule has 164 valence electrons. The molecule has 2 rings (SSSR count). The fourth-order valence-electron chi connectivity index (χ4n) is 1.98. The van der Waals surface area contributed by atoms with Crippen LogP contribution in [-0.4, -0.2) is 24.5 Å². The molecular formula is C16H8Cl2F8N2O2. The minimum absolute atomic E-state index is 0.390. The van der Waals surface area contributed by atoms with Crippen molar-refractivity contribution in [1.82, 2.24) is 0 Å². The second-order valence-corrected chi connectivity index (χ2v) is 6.32. The van der Waals surface area contributed by atoms with Gasteiger partial charge in [-0.3, -0.25) is 0 Å². The van der Waals surface area contributed by atoms with E-state index in [1.165, 1.54) is 0 Å². The zero-order chi connectivity index (χ0) is 22.9. The lowest BCUT2D eigenvalue weighted by Crippen LogP contribution is -2.45. The smallest absolute Gasteiger partial charge is 0.428 e. The summed E-state index contributed by atoms with van der Waals surface area (Å²) in [6.45, 7) is 0. The Morgan fingerprint density at radius 3 is 2.07 bits per heavy atom. The van der Waals surface area contributed by atoms with E-state index in [1.807, 2.05) is 10.6 Å². The minimum atomic E-state index is -5.92. The van der Waals surface area contributed by atoms with Gasteiger partial charge in [0.2, 0.25) is 0 Å². The lowest BCUT2D eigenvalue weighted by atomic mass is 10.2. The van der Waals surface area contributed by atoms with Crippen molar-refractivity contribution >= 4 is 40.6 Å². The number of nitrogens with one attached hydrogen (secondary N) is 2. The van der Waals surface area contributed by atoms with Crippen LogP contribution in [0.2, 0.25) is 10.0 Å². The summed E-state index contributed by atoms with van der Waals surface area (Å²) in [4.78, 5) is 11.9. The highest BCUT2D eigenvalue weighted by molar-refractivity contribution is 6.36. The number of anilines is 2. The normalized spacial score (nSPS) is 13.0. The summed E-state index contributed by atoms with van der Waals surface area (Å²) in [5.41, 5.74) is -1.20. The van der Waals surface area contributed by atoms with Crippen LogP contribution in [0.3, 0.4) is 0 Å². The second-order valence-electron chi connectivity index (χ2n) is 5.51. The van der Waals surface area contributed by atoms with Gasteiger partial charge in [-0.1, -0.05) is 29.3 Å². The van der Waals surface area contributed by atoms with Gasteiger partial charge in [0, 0.05) is 6.07 Å². The molecule has 0 aromatic heterocycles. The molecule has 0 radical (unpaired) electrons. The number of carbonyl (C=O) groups excluding carboxylic acids is 1. The molecule has 2 aromatic carbocycles. The third kappa shape index (κ3) is 5.57. The van der Waals surface area contributed by atoms with E-state index >= 15 is 0 Å². The Bertz CT molecular complexity index is 935. The van der Waals surface area contributed by atoms with Crippen molar-refractivity contribution in [2.75, 3.05) is 10.6 Å². The molecule has 0 saturated carbocycles. The maximum atomic E-state index is 13.5. The van der Waals surface area contributed by atoms with E-state index in [-0.39, 0.29) is 5.69 Å². The van der Waals surface area contributed by atoms with Crippen molar-refractivity contribution in [3.05, 3.63) is 52.0 Å². The van der Waals surface area contributed by atoms with E-state index in [4.69, 9.17) is 23.2 Å². The summed E-state index contributed by atoms with van der Waals surface area (Å²) in [5.74, 6) is -3.33. The van der Waals surface area contributed by atoms with Crippen LogP contribution in [0.4, 0.5) is 51.3 Å². The molecule has 2 N–H and O–H groups in total. The lowest BCUT2D eigenvalue weighted by Gasteiger charge is -2.24. The van der Waals surface area contributed by atoms with Gasteiger partial charge in [0.15, 0.2) is 0 Å². The van der Waals surface area contributed by atoms with Crippen LogP contribution in [0.25, 0.3) is 0 Å². The lowest BCUT2D eigenvalue weighted by molar-refractivity contribution is -0.304. The molecule has 30 heavy (non-hydrogen) atoms. The first kappa shape index (κ1) is 23.8. The van der Waals surface area contributed by atoms with E-state index < -0.39 is 57.6 Å². The van der Waals surface area contributed by atoms with Gasteiger partial charge >= 0.3 is 18.3 Å². The van der Waals surface area contributed by atoms with E-state index in [9.17, 15) is 39.9 Å². The molecule has 2 aromatic rings. The Morgan fingerprint density at radius 2 is 1.53 bits per heavy atom. The van der Waals surface area contributed by atoms with Crippen LogP contribution in [0.5, 0.6) is 5.75 Å². The number of hydrogen-bond donors (Lipinski definition) is 2. The quantitative estimate of drug-likeness (QED) is 0.461. The largest absolute Gasteiger partial charge is 0.439 e. The predicted octanol–water partition coefficient (Wildman–Crippen LogP) is 6.79. The Balaban J connectivity index is 2.19. The maximum Gasteiger partial charge on any atom is 0.439 e. The Kier molecular flexibility index (Phi) is 6.92. The summed E-state index contributed by atoms with van der Waals surface area (Å²) >= 11 is 11.3. The topological polar surface area (TPSA) is 50.4 Å². The summed E-state index contributed by atoms with van der Waals surface area (Å²) in [5, 5.41) is 2.48. The number of alkyl halides is 6. The highest BCUT2D eigenvalue weighted by Gasteiger charge is 2.59. The van der Waals surface area contributed by atoms with Gasteiger partial charge in [-0.2, -0.15) is 22.0 Å². The van der Waals surface area contributed by atoms with Crippen molar-refractivity contribution in [1.29, 1.82) is 0 Å². The molecule has 0 aliphatic heterocycles. The minimum Gasteiger partial charge on any atom is -0.428 e. The van der Waals surface area contributed by atoms with Crippen molar-refractivity contribution in [2.24, 2.45) is 0 Å². The SMILES string of the molecule is O=C(Nc1cc(Cl)c(OC(F)(F)C(F)C(F)(F)F)cc1Cl)Nc1c(F)cccc1F.